The second kappa shape index (κ2) is 2.13. The molecule has 3 nitrogen and oxygen atoms in total. The molecule has 0 spiro atoms. The van der Waals surface area contributed by atoms with E-state index in [1.807, 2.05) is 0 Å². The summed E-state index contributed by atoms with van der Waals surface area (Å²) in [6.45, 7) is 0. The fourth-order valence-corrected chi connectivity index (χ4v) is 1.53. The van der Waals surface area contributed by atoms with Crippen molar-refractivity contribution >= 4 is 22.5 Å². The summed E-state index contributed by atoms with van der Waals surface area (Å²) in [4.78, 5) is 10.6. The molecule has 0 fully saturated rings. The van der Waals surface area contributed by atoms with E-state index in [-0.39, 0.29) is 9.90 Å². The Morgan fingerprint density at radius 2 is 2.44 bits per heavy atom. The SMILES string of the molecule is Cn1c(=O)cc(Cl)[s+]1[O-]. The van der Waals surface area contributed by atoms with E-state index < -0.39 is 10.9 Å². The van der Waals surface area contributed by atoms with Gasteiger partial charge in [0.05, 0.1) is 24.1 Å². The Morgan fingerprint density at radius 1 is 1.89 bits per heavy atom. The average Bonchev–Trinajstić information content (AvgIpc) is 1.98. The number of aromatic nitrogens is 1. The normalized spacial score (nSPS) is 12.1. The molecular weight excluding hydrogens is 162 g/mol. The molecular formula is C4H4ClNO2S. The Kier molecular flexibility index (Phi) is 1.61. The van der Waals surface area contributed by atoms with Crippen molar-refractivity contribution in [2.24, 2.45) is 7.05 Å². The van der Waals surface area contributed by atoms with E-state index >= 15 is 0 Å². The van der Waals surface area contributed by atoms with Crippen molar-refractivity contribution in [3.8, 4) is 0 Å². The second-order valence-corrected chi connectivity index (χ2v) is 3.65. The van der Waals surface area contributed by atoms with Gasteiger partial charge in [-0.05, 0) is 11.6 Å². The molecule has 0 amide bonds. The maximum atomic E-state index is 10.7. The van der Waals surface area contributed by atoms with E-state index in [1.54, 1.807) is 0 Å². The molecule has 1 aromatic rings. The molecule has 0 N–H and O–H groups in total. The Bertz CT molecular complexity index is 277. The highest BCUT2D eigenvalue weighted by Crippen LogP contribution is 2.20. The minimum Gasteiger partial charge on any atom is -0.569 e. The van der Waals surface area contributed by atoms with Crippen LogP contribution in [0.1, 0.15) is 0 Å². The first-order chi connectivity index (χ1) is 4.13. The van der Waals surface area contributed by atoms with Crippen molar-refractivity contribution in [2.75, 3.05) is 0 Å². The topological polar surface area (TPSA) is 45.1 Å². The molecule has 1 atom stereocenters. The van der Waals surface area contributed by atoms with E-state index in [2.05, 4.69) is 0 Å². The van der Waals surface area contributed by atoms with Crippen molar-refractivity contribution < 1.29 is 4.55 Å². The van der Waals surface area contributed by atoms with E-state index in [9.17, 15) is 9.35 Å². The Morgan fingerprint density at radius 3 is 2.56 bits per heavy atom. The van der Waals surface area contributed by atoms with Gasteiger partial charge >= 0.3 is 0 Å². The van der Waals surface area contributed by atoms with Crippen LogP contribution in [0.15, 0.2) is 10.9 Å². The number of rotatable bonds is 0. The van der Waals surface area contributed by atoms with Gasteiger partial charge < -0.3 is 4.55 Å². The van der Waals surface area contributed by atoms with E-state index in [0.717, 1.165) is 10.0 Å². The predicted octanol–water partition coefficient (Wildman–Crippen LogP) is 0.766. The van der Waals surface area contributed by atoms with Crippen molar-refractivity contribution in [2.45, 2.75) is 0 Å². The van der Waals surface area contributed by atoms with Crippen LogP contribution in [0.2, 0.25) is 4.34 Å². The smallest absolute Gasteiger partial charge is 0.297 e. The maximum absolute atomic E-state index is 10.7. The van der Waals surface area contributed by atoms with Crippen molar-refractivity contribution in [3.05, 3.63) is 20.8 Å². The number of halogens is 1. The van der Waals surface area contributed by atoms with Crippen LogP contribution in [0.4, 0.5) is 0 Å². The zero-order chi connectivity index (χ0) is 7.02. The summed E-state index contributed by atoms with van der Waals surface area (Å²) in [5.41, 5.74) is -0.307. The Hall–Kier alpha value is -0.320. The summed E-state index contributed by atoms with van der Waals surface area (Å²) in [5, 5.41) is 0. The molecule has 0 radical (unpaired) electrons. The summed E-state index contributed by atoms with van der Waals surface area (Å²) in [7, 11) is 0.00275. The third kappa shape index (κ3) is 1.01. The minimum atomic E-state index is -1.43. The van der Waals surface area contributed by atoms with Crippen LogP contribution < -0.4 is 5.56 Å². The van der Waals surface area contributed by atoms with Gasteiger partial charge in [0.1, 0.15) is 0 Å². The number of nitrogens with zero attached hydrogens (tertiary/aromatic N) is 1. The van der Waals surface area contributed by atoms with Crippen LogP contribution >= 0.6 is 22.5 Å². The molecule has 0 aliphatic heterocycles. The van der Waals surface area contributed by atoms with Gasteiger partial charge in [0.25, 0.3) is 9.90 Å². The molecule has 0 saturated carbocycles. The molecule has 0 aromatic carbocycles. The number of hydrogen-bond donors (Lipinski definition) is 0. The largest absolute Gasteiger partial charge is 0.569 e. The van der Waals surface area contributed by atoms with Gasteiger partial charge in [-0.25, -0.2) is 0 Å². The first kappa shape index (κ1) is 6.80. The maximum Gasteiger partial charge on any atom is 0.297 e. The standard InChI is InChI=1S/C4H4ClNO2S/c1-6-4(7)2-3(5)9(6)8/h2H,1H3. The van der Waals surface area contributed by atoms with Crippen LogP contribution in [0.25, 0.3) is 0 Å². The molecule has 0 aliphatic carbocycles. The van der Waals surface area contributed by atoms with Crippen molar-refractivity contribution in [3.63, 3.8) is 0 Å². The first-order valence-electron chi connectivity index (χ1n) is 2.19. The second-order valence-electron chi connectivity index (χ2n) is 1.53. The lowest BCUT2D eigenvalue weighted by molar-refractivity contribution is 0.579. The molecule has 0 bridgehead atoms. The van der Waals surface area contributed by atoms with Crippen molar-refractivity contribution in [1.82, 2.24) is 3.96 Å². The van der Waals surface area contributed by atoms with Crippen LogP contribution in [0.3, 0.4) is 0 Å². The summed E-state index contributed by atoms with van der Waals surface area (Å²) >= 11 is 5.35. The highest BCUT2D eigenvalue weighted by Gasteiger charge is 2.08. The van der Waals surface area contributed by atoms with Gasteiger partial charge in [-0.15, -0.1) is 3.96 Å². The molecule has 1 aromatic heterocycles. The summed E-state index contributed by atoms with van der Waals surface area (Å²) in [5.74, 6) is 0. The molecule has 1 unspecified atom stereocenters. The molecule has 0 aliphatic rings. The third-order valence-corrected chi connectivity index (χ3v) is 2.60. The zero-order valence-corrected chi connectivity index (χ0v) is 6.20. The van der Waals surface area contributed by atoms with E-state index in [0.29, 0.717) is 0 Å². The highest BCUT2D eigenvalue weighted by atomic mass is 35.5. The van der Waals surface area contributed by atoms with Crippen LogP contribution in [-0.2, 0) is 7.05 Å². The average molecular weight is 166 g/mol. The van der Waals surface area contributed by atoms with Gasteiger partial charge in [-0.2, -0.15) is 0 Å². The van der Waals surface area contributed by atoms with Crippen LogP contribution in [0, 0.1) is 0 Å². The monoisotopic (exact) mass is 165 g/mol. The Labute approximate surface area is 59.4 Å². The quantitative estimate of drug-likeness (QED) is 0.533. The lowest BCUT2D eigenvalue weighted by Crippen LogP contribution is -2.07. The van der Waals surface area contributed by atoms with E-state index in [4.69, 9.17) is 11.6 Å². The Balaban J connectivity index is 3.47. The first-order valence-corrected chi connectivity index (χ1v) is 3.68. The molecule has 1 rings (SSSR count). The van der Waals surface area contributed by atoms with Gasteiger partial charge in [0, 0.05) is 0 Å². The lowest BCUT2D eigenvalue weighted by Gasteiger charge is -1.88. The van der Waals surface area contributed by atoms with Gasteiger partial charge in [-0.1, -0.05) is 0 Å². The summed E-state index contributed by atoms with van der Waals surface area (Å²) < 4.78 is 11.9. The zero-order valence-electron chi connectivity index (χ0n) is 4.63. The minimum absolute atomic E-state index is 0.0995. The predicted molar refractivity (Wildman–Crippen MR) is 35.3 cm³/mol. The summed E-state index contributed by atoms with van der Waals surface area (Å²) in [6.07, 6.45) is 0. The molecule has 9 heavy (non-hydrogen) atoms. The fourth-order valence-electron chi connectivity index (χ4n) is 0.451. The molecule has 1 heterocycles. The third-order valence-electron chi connectivity index (χ3n) is 0.963. The number of hydrogen-bond acceptors (Lipinski definition) is 2. The highest BCUT2D eigenvalue weighted by molar-refractivity contribution is 7.24. The van der Waals surface area contributed by atoms with E-state index in [1.165, 1.54) is 7.05 Å². The molecule has 0 saturated heterocycles. The fraction of sp³-hybridized carbons (Fsp3) is 0.250. The molecule has 5 heteroatoms. The lowest BCUT2D eigenvalue weighted by atomic mass is 10.7. The van der Waals surface area contributed by atoms with Gasteiger partial charge in [-0.3, -0.25) is 4.79 Å². The van der Waals surface area contributed by atoms with Crippen LogP contribution in [0.5, 0.6) is 0 Å². The van der Waals surface area contributed by atoms with Crippen molar-refractivity contribution in [1.29, 1.82) is 0 Å². The summed E-state index contributed by atoms with van der Waals surface area (Å²) in [6, 6.07) is 1.15. The van der Waals surface area contributed by atoms with Crippen LogP contribution in [-0.4, -0.2) is 8.51 Å². The molecule has 50 valence electrons. The van der Waals surface area contributed by atoms with Gasteiger partial charge in [0.15, 0.2) is 0 Å². The van der Waals surface area contributed by atoms with Gasteiger partial charge in [0.2, 0.25) is 0 Å².